The predicted molar refractivity (Wildman–Crippen MR) is 86.1 cm³/mol. The van der Waals surface area contributed by atoms with Gasteiger partial charge in [-0.05, 0) is 38.1 Å². The van der Waals surface area contributed by atoms with E-state index in [1.165, 1.54) is 5.56 Å². The van der Waals surface area contributed by atoms with Crippen molar-refractivity contribution in [2.45, 2.75) is 26.4 Å². The minimum atomic E-state index is 0.141. The maximum absolute atomic E-state index is 9.78. The first-order valence-electron chi connectivity index (χ1n) is 6.95. The van der Waals surface area contributed by atoms with Crippen LogP contribution in [-0.4, -0.2) is 17.8 Å². The third-order valence-corrected chi connectivity index (χ3v) is 3.60. The number of hydrogen-bond donors (Lipinski definition) is 2. The Balaban J connectivity index is 1.82. The van der Waals surface area contributed by atoms with Crippen molar-refractivity contribution in [3.63, 3.8) is 0 Å². The van der Waals surface area contributed by atoms with Crippen molar-refractivity contribution >= 4 is 11.6 Å². The van der Waals surface area contributed by atoms with Gasteiger partial charge in [-0.1, -0.05) is 35.4 Å². The van der Waals surface area contributed by atoms with Crippen molar-refractivity contribution in [2.24, 2.45) is 0 Å². The molecule has 112 valence electrons. The molecule has 0 saturated heterocycles. The van der Waals surface area contributed by atoms with Crippen molar-refractivity contribution < 1.29 is 9.84 Å². The molecule has 1 unspecified atom stereocenters. The molecule has 0 aliphatic heterocycles. The lowest BCUT2D eigenvalue weighted by Gasteiger charge is -2.16. The van der Waals surface area contributed by atoms with Gasteiger partial charge in [0.05, 0.1) is 0 Å². The Hall–Kier alpha value is -1.71. The van der Waals surface area contributed by atoms with Crippen LogP contribution in [-0.2, 0) is 6.54 Å². The summed E-state index contributed by atoms with van der Waals surface area (Å²) in [5.74, 6) is 1.07. The van der Waals surface area contributed by atoms with E-state index in [-0.39, 0.29) is 11.8 Å². The summed E-state index contributed by atoms with van der Waals surface area (Å²) in [6.45, 7) is 5.13. The number of nitrogens with one attached hydrogen (secondary N) is 1. The molecule has 4 heteroatoms. The van der Waals surface area contributed by atoms with Crippen LogP contribution in [0.15, 0.2) is 42.5 Å². The quantitative estimate of drug-likeness (QED) is 0.850. The van der Waals surface area contributed by atoms with E-state index >= 15 is 0 Å². The Kier molecular flexibility index (Phi) is 5.48. The number of benzene rings is 2. The molecule has 0 spiro atoms. The van der Waals surface area contributed by atoms with E-state index in [0.717, 1.165) is 5.75 Å². The summed E-state index contributed by atoms with van der Waals surface area (Å²) in [4.78, 5) is 0. The maximum Gasteiger partial charge on any atom is 0.121 e. The Bertz CT molecular complexity index is 564. The smallest absolute Gasteiger partial charge is 0.121 e. The standard InChI is InChI=1S/C17H20ClNO2/c1-12-6-8-14(9-7-12)21-11-13(2)19-10-15-16(18)4-3-5-17(15)20/h3-9,13,19-20H,10-11H2,1-2H3. The van der Waals surface area contributed by atoms with Gasteiger partial charge in [0.25, 0.3) is 0 Å². The minimum absolute atomic E-state index is 0.141. The third kappa shape index (κ3) is 4.66. The summed E-state index contributed by atoms with van der Waals surface area (Å²) in [6, 6.07) is 13.2. The molecule has 0 saturated carbocycles. The lowest BCUT2D eigenvalue weighted by Crippen LogP contribution is -2.31. The SMILES string of the molecule is Cc1ccc(OCC(C)NCc2c(O)cccc2Cl)cc1. The summed E-state index contributed by atoms with van der Waals surface area (Å²) in [6.07, 6.45) is 0. The van der Waals surface area contributed by atoms with E-state index < -0.39 is 0 Å². The highest BCUT2D eigenvalue weighted by molar-refractivity contribution is 6.31. The molecule has 2 aromatic rings. The lowest BCUT2D eigenvalue weighted by atomic mass is 10.2. The number of halogens is 1. The van der Waals surface area contributed by atoms with Gasteiger partial charge >= 0.3 is 0 Å². The fraction of sp³-hybridized carbons (Fsp3) is 0.294. The summed E-state index contributed by atoms with van der Waals surface area (Å²) < 4.78 is 5.71. The molecule has 2 rings (SSSR count). The van der Waals surface area contributed by atoms with Crippen molar-refractivity contribution in [1.82, 2.24) is 5.32 Å². The number of ether oxygens (including phenoxy) is 1. The molecule has 2 aromatic carbocycles. The van der Waals surface area contributed by atoms with Gasteiger partial charge in [0.2, 0.25) is 0 Å². The van der Waals surface area contributed by atoms with E-state index in [1.807, 2.05) is 38.1 Å². The molecule has 21 heavy (non-hydrogen) atoms. The van der Waals surface area contributed by atoms with Crippen molar-refractivity contribution in [2.75, 3.05) is 6.61 Å². The first-order chi connectivity index (χ1) is 10.1. The van der Waals surface area contributed by atoms with E-state index in [9.17, 15) is 5.11 Å². The highest BCUT2D eigenvalue weighted by Crippen LogP contribution is 2.24. The first-order valence-corrected chi connectivity index (χ1v) is 7.33. The highest BCUT2D eigenvalue weighted by atomic mass is 35.5. The number of phenolic OH excluding ortho intramolecular Hbond substituents is 1. The molecule has 0 radical (unpaired) electrons. The van der Waals surface area contributed by atoms with E-state index in [1.54, 1.807) is 18.2 Å². The molecule has 2 N–H and O–H groups in total. The lowest BCUT2D eigenvalue weighted by molar-refractivity contribution is 0.272. The molecule has 0 amide bonds. The number of aryl methyl sites for hydroxylation is 1. The van der Waals surface area contributed by atoms with E-state index in [2.05, 4.69) is 5.32 Å². The van der Waals surface area contributed by atoms with Gasteiger partial charge in [0.1, 0.15) is 18.1 Å². The normalized spacial score (nSPS) is 12.1. The second-order valence-electron chi connectivity index (χ2n) is 5.14. The second kappa shape index (κ2) is 7.34. The van der Waals surface area contributed by atoms with Crippen LogP contribution in [0.4, 0.5) is 0 Å². The fourth-order valence-corrected chi connectivity index (χ4v) is 2.15. The number of aromatic hydroxyl groups is 1. The van der Waals surface area contributed by atoms with Crippen LogP contribution in [0.2, 0.25) is 5.02 Å². The molecule has 1 atom stereocenters. The Morgan fingerprint density at radius 2 is 1.90 bits per heavy atom. The molecular formula is C17H20ClNO2. The van der Waals surface area contributed by atoms with Crippen LogP contribution in [0, 0.1) is 6.92 Å². The van der Waals surface area contributed by atoms with E-state index in [0.29, 0.717) is 23.7 Å². The minimum Gasteiger partial charge on any atom is -0.508 e. The van der Waals surface area contributed by atoms with Crippen LogP contribution >= 0.6 is 11.6 Å². The van der Waals surface area contributed by atoms with Crippen molar-refractivity contribution in [1.29, 1.82) is 0 Å². The molecule has 0 bridgehead atoms. The zero-order valence-electron chi connectivity index (χ0n) is 12.3. The Morgan fingerprint density at radius 3 is 2.57 bits per heavy atom. The van der Waals surface area contributed by atoms with Crippen LogP contribution < -0.4 is 10.1 Å². The van der Waals surface area contributed by atoms with Gasteiger partial charge in [-0.3, -0.25) is 0 Å². The topological polar surface area (TPSA) is 41.5 Å². The predicted octanol–water partition coefficient (Wildman–Crippen LogP) is 3.91. The average molecular weight is 306 g/mol. The zero-order valence-corrected chi connectivity index (χ0v) is 13.0. The van der Waals surface area contributed by atoms with Gasteiger partial charge in [0.15, 0.2) is 0 Å². The van der Waals surface area contributed by atoms with Crippen LogP contribution in [0.25, 0.3) is 0 Å². The Morgan fingerprint density at radius 1 is 1.19 bits per heavy atom. The molecule has 0 aliphatic carbocycles. The number of phenols is 1. The maximum atomic E-state index is 9.78. The molecule has 3 nitrogen and oxygen atoms in total. The van der Waals surface area contributed by atoms with Crippen LogP contribution in [0.3, 0.4) is 0 Å². The van der Waals surface area contributed by atoms with Gasteiger partial charge in [-0.2, -0.15) is 0 Å². The number of rotatable bonds is 6. The fourth-order valence-electron chi connectivity index (χ4n) is 1.91. The Labute approximate surface area is 130 Å². The highest BCUT2D eigenvalue weighted by Gasteiger charge is 2.08. The summed E-state index contributed by atoms with van der Waals surface area (Å²) >= 11 is 6.07. The third-order valence-electron chi connectivity index (χ3n) is 3.24. The van der Waals surface area contributed by atoms with Gasteiger partial charge in [0, 0.05) is 23.2 Å². The first kappa shape index (κ1) is 15.7. The van der Waals surface area contributed by atoms with E-state index in [4.69, 9.17) is 16.3 Å². The zero-order chi connectivity index (χ0) is 15.2. The summed E-state index contributed by atoms with van der Waals surface area (Å²) in [7, 11) is 0. The van der Waals surface area contributed by atoms with Gasteiger partial charge in [-0.15, -0.1) is 0 Å². The van der Waals surface area contributed by atoms with Crippen molar-refractivity contribution in [3.05, 3.63) is 58.6 Å². The summed E-state index contributed by atoms with van der Waals surface area (Å²) in [5.41, 5.74) is 1.92. The van der Waals surface area contributed by atoms with Crippen molar-refractivity contribution in [3.8, 4) is 11.5 Å². The monoisotopic (exact) mass is 305 g/mol. The van der Waals surface area contributed by atoms with Gasteiger partial charge < -0.3 is 15.2 Å². The molecular weight excluding hydrogens is 286 g/mol. The molecule has 0 fully saturated rings. The summed E-state index contributed by atoms with van der Waals surface area (Å²) in [5, 5.41) is 13.6. The molecule has 0 aromatic heterocycles. The van der Waals surface area contributed by atoms with Crippen LogP contribution in [0.1, 0.15) is 18.1 Å². The van der Waals surface area contributed by atoms with Gasteiger partial charge in [-0.25, -0.2) is 0 Å². The molecule has 0 heterocycles. The second-order valence-corrected chi connectivity index (χ2v) is 5.55. The average Bonchev–Trinajstić information content (AvgIpc) is 2.46. The van der Waals surface area contributed by atoms with Crippen LogP contribution in [0.5, 0.6) is 11.5 Å². The number of hydrogen-bond acceptors (Lipinski definition) is 3. The largest absolute Gasteiger partial charge is 0.508 e. The molecule has 0 aliphatic rings.